The molecule has 0 atom stereocenters. The molecule has 80 valence electrons. The molecule has 1 heterocycles. The number of ether oxygens (including phenoxy) is 1. The first kappa shape index (κ1) is 11.0. The Morgan fingerprint density at radius 3 is 2.79 bits per heavy atom. The summed E-state index contributed by atoms with van der Waals surface area (Å²) in [6.07, 6.45) is 1.88. The van der Waals surface area contributed by atoms with Crippen molar-refractivity contribution in [1.82, 2.24) is 9.78 Å². The lowest BCUT2D eigenvalue weighted by molar-refractivity contribution is 0.200. The van der Waals surface area contributed by atoms with E-state index < -0.39 is 0 Å². The fraction of sp³-hybridized carbons (Fsp3) is 0.700. The molecule has 0 fully saturated rings. The summed E-state index contributed by atoms with van der Waals surface area (Å²) in [4.78, 5) is 0. The molecule has 1 N–H and O–H groups in total. The summed E-state index contributed by atoms with van der Waals surface area (Å²) in [5.74, 6) is 1.13. The van der Waals surface area contributed by atoms with Crippen molar-refractivity contribution < 1.29 is 9.84 Å². The van der Waals surface area contributed by atoms with Gasteiger partial charge in [0.2, 0.25) is 0 Å². The zero-order chi connectivity index (χ0) is 10.6. The molecular weight excluding hydrogens is 180 g/mol. The lowest BCUT2D eigenvalue weighted by atomic mass is 10.1. The third kappa shape index (κ3) is 2.48. The molecule has 0 unspecified atom stereocenters. The molecule has 0 radical (unpaired) electrons. The van der Waals surface area contributed by atoms with Gasteiger partial charge in [-0.05, 0) is 6.92 Å². The highest BCUT2D eigenvalue weighted by Gasteiger charge is 2.12. The number of aromatic nitrogens is 2. The van der Waals surface area contributed by atoms with Crippen molar-refractivity contribution in [1.29, 1.82) is 0 Å². The summed E-state index contributed by atoms with van der Waals surface area (Å²) in [7, 11) is 0. The smallest absolute Gasteiger partial charge is 0.160 e. The lowest BCUT2D eigenvalue weighted by Crippen LogP contribution is -2.03. The number of rotatable bonds is 5. The third-order valence-electron chi connectivity index (χ3n) is 1.97. The van der Waals surface area contributed by atoms with Gasteiger partial charge < -0.3 is 9.84 Å². The van der Waals surface area contributed by atoms with Crippen LogP contribution in [0, 0.1) is 0 Å². The van der Waals surface area contributed by atoms with Crippen LogP contribution in [-0.2, 0) is 6.54 Å². The van der Waals surface area contributed by atoms with Crippen LogP contribution in [0.25, 0.3) is 0 Å². The van der Waals surface area contributed by atoms with Gasteiger partial charge in [-0.25, -0.2) is 0 Å². The molecule has 0 aliphatic carbocycles. The van der Waals surface area contributed by atoms with Crippen LogP contribution in [0.5, 0.6) is 5.75 Å². The molecule has 0 aliphatic rings. The number of nitrogens with zero attached hydrogens (tertiary/aromatic N) is 2. The van der Waals surface area contributed by atoms with Crippen molar-refractivity contribution in [2.24, 2.45) is 0 Å². The molecule has 0 saturated carbocycles. The second-order valence-electron chi connectivity index (χ2n) is 3.46. The van der Waals surface area contributed by atoms with Crippen LogP contribution < -0.4 is 4.74 Å². The van der Waals surface area contributed by atoms with Gasteiger partial charge in [-0.1, -0.05) is 13.8 Å². The zero-order valence-electron chi connectivity index (χ0n) is 9.03. The van der Waals surface area contributed by atoms with Gasteiger partial charge in [0.15, 0.2) is 5.75 Å². The quantitative estimate of drug-likeness (QED) is 0.778. The molecule has 0 saturated heterocycles. The topological polar surface area (TPSA) is 47.3 Å². The second-order valence-corrected chi connectivity index (χ2v) is 3.46. The summed E-state index contributed by atoms with van der Waals surface area (Å²) in [6.45, 7) is 7.39. The van der Waals surface area contributed by atoms with Crippen LogP contribution in [-0.4, -0.2) is 28.1 Å². The van der Waals surface area contributed by atoms with Crippen LogP contribution in [0.1, 0.15) is 32.4 Å². The van der Waals surface area contributed by atoms with E-state index in [0.29, 0.717) is 12.5 Å². The van der Waals surface area contributed by atoms with E-state index in [1.807, 2.05) is 17.8 Å². The summed E-state index contributed by atoms with van der Waals surface area (Å²) < 4.78 is 7.25. The number of hydrogen-bond acceptors (Lipinski definition) is 3. The third-order valence-corrected chi connectivity index (χ3v) is 1.97. The van der Waals surface area contributed by atoms with E-state index in [2.05, 4.69) is 18.9 Å². The molecule has 0 bridgehead atoms. The number of hydrogen-bond donors (Lipinski definition) is 1. The van der Waals surface area contributed by atoms with Crippen LogP contribution >= 0.6 is 0 Å². The molecule has 0 amide bonds. The fourth-order valence-corrected chi connectivity index (χ4v) is 1.25. The highest BCUT2D eigenvalue weighted by molar-refractivity contribution is 5.27. The Bertz CT molecular complexity index is 282. The first-order valence-corrected chi connectivity index (χ1v) is 5.00. The largest absolute Gasteiger partial charge is 0.488 e. The normalized spacial score (nSPS) is 10.9. The molecule has 1 aromatic heterocycles. The van der Waals surface area contributed by atoms with Gasteiger partial charge in [0.1, 0.15) is 12.3 Å². The minimum atomic E-state index is 0.0365. The molecule has 1 aromatic rings. The molecule has 14 heavy (non-hydrogen) atoms. The number of aryl methyl sites for hydroxylation is 1. The van der Waals surface area contributed by atoms with Crippen molar-refractivity contribution in [3.05, 3.63) is 11.9 Å². The van der Waals surface area contributed by atoms with Gasteiger partial charge in [0.05, 0.1) is 12.8 Å². The van der Waals surface area contributed by atoms with Crippen molar-refractivity contribution in [2.75, 3.05) is 13.2 Å². The van der Waals surface area contributed by atoms with Gasteiger partial charge in [-0.3, -0.25) is 4.68 Å². The van der Waals surface area contributed by atoms with Gasteiger partial charge >= 0.3 is 0 Å². The minimum absolute atomic E-state index is 0.0365. The van der Waals surface area contributed by atoms with Crippen LogP contribution in [0.4, 0.5) is 0 Å². The summed E-state index contributed by atoms with van der Waals surface area (Å²) in [6, 6.07) is 0. The molecule has 0 aromatic carbocycles. The maximum absolute atomic E-state index is 8.67. The van der Waals surface area contributed by atoms with Crippen molar-refractivity contribution >= 4 is 0 Å². The van der Waals surface area contributed by atoms with E-state index in [0.717, 1.165) is 18.0 Å². The highest BCUT2D eigenvalue weighted by Crippen LogP contribution is 2.24. The summed E-state index contributed by atoms with van der Waals surface area (Å²) >= 11 is 0. The Morgan fingerprint density at radius 2 is 2.29 bits per heavy atom. The Morgan fingerprint density at radius 1 is 1.57 bits per heavy atom. The van der Waals surface area contributed by atoms with E-state index in [1.165, 1.54) is 0 Å². The average molecular weight is 198 g/mol. The van der Waals surface area contributed by atoms with Gasteiger partial charge in [0, 0.05) is 12.5 Å². The molecule has 0 spiro atoms. The first-order valence-electron chi connectivity index (χ1n) is 5.00. The van der Waals surface area contributed by atoms with Gasteiger partial charge in [0.25, 0.3) is 0 Å². The zero-order valence-corrected chi connectivity index (χ0v) is 9.03. The monoisotopic (exact) mass is 198 g/mol. The molecule has 1 rings (SSSR count). The highest BCUT2D eigenvalue weighted by atomic mass is 16.5. The number of aliphatic hydroxyl groups excluding tert-OH is 1. The molecule has 4 heteroatoms. The Hall–Kier alpha value is -1.03. The minimum Gasteiger partial charge on any atom is -0.488 e. The van der Waals surface area contributed by atoms with Crippen molar-refractivity contribution in [3.63, 3.8) is 0 Å². The van der Waals surface area contributed by atoms with E-state index >= 15 is 0 Å². The molecular formula is C10H18N2O2. The van der Waals surface area contributed by atoms with E-state index in [4.69, 9.17) is 9.84 Å². The van der Waals surface area contributed by atoms with Crippen molar-refractivity contribution in [2.45, 2.75) is 33.2 Å². The predicted molar refractivity (Wildman–Crippen MR) is 54.6 cm³/mol. The SMILES string of the molecule is CCn1cc(OCCO)c(C(C)C)n1. The Labute approximate surface area is 84.5 Å². The van der Waals surface area contributed by atoms with Crippen LogP contribution in [0.15, 0.2) is 6.20 Å². The standard InChI is InChI=1S/C10H18N2O2/c1-4-12-7-9(14-6-5-13)10(11-12)8(2)3/h7-8,13H,4-6H2,1-3H3. The Kier molecular flexibility index (Phi) is 3.95. The summed E-state index contributed by atoms with van der Waals surface area (Å²) in [5, 5.41) is 13.1. The van der Waals surface area contributed by atoms with Gasteiger partial charge in [-0.2, -0.15) is 5.10 Å². The number of aliphatic hydroxyl groups is 1. The molecule has 4 nitrogen and oxygen atoms in total. The second kappa shape index (κ2) is 5.00. The first-order chi connectivity index (χ1) is 6.69. The van der Waals surface area contributed by atoms with Crippen LogP contribution in [0.2, 0.25) is 0 Å². The maximum atomic E-state index is 8.67. The van der Waals surface area contributed by atoms with Gasteiger partial charge in [-0.15, -0.1) is 0 Å². The summed E-state index contributed by atoms with van der Waals surface area (Å²) in [5.41, 5.74) is 0.959. The fourth-order valence-electron chi connectivity index (χ4n) is 1.25. The molecule has 0 aliphatic heterocycles. The van der Waals surface area contributed by atoms with Crippen LogP contribution in [0.3, 0.4) is 0 Å². The van der Waals surface area contributed by atoms with E-state index in [-0.39, 0.29) is 6.61 Å². The predicted octanol–water partition coefficient (Wildman–Crippen LogP) is 1.40. The van der Waals surface area contributed by atoms with Crippen molar-refractivity contribution in [3.8, 4) is 5.75 Å². The van der Waals surface area contributed by atoms with E-state index in [1.54, 1.807) is 0 Å². The lowest BCUT2D eigenvalue weighted by Gasteiger charge is -2.05. The maximum Gasteiger partial charge on any atom is 0.160 e. The van der Waals surface area contributed by atoms with E-state index in [9.17, 15) is 0 Å². The Balaban J connectivity index is 2.82. The average Bonchev–Trinajstić information content (AvgIpc) is 2.58.